The first-order valence-electron chi connectivity index (χ1n) is 9.61. The molecular formula is C24H20N4O4. The molecule has 0 saturated heterocycles. The van der Waals surface area contributed by atoms with Crippen LogP contribution in [-0.4, -0.2) is 11.9 Å². The first kappa shape index (κ1) is 22.0. The Morgan fingerprint density at radius 3 is 1.22 bits per heavy atom. The molecular weight excluding hydrogens is 408 g/mol. The molecule has 0 fully saturated rings. The molecule has 2 heterocycles. The van der Waals surface area contributed by atoms with E-state index in [0.717, 1.165) is 47.3 Å². The zero-order chi connectivity index (χ0) is 22.8. The fourth-order valence-corrected chi connectivity index (χ4v) is 2.63. The van der Waals surface area contributed by atoms with E-state index in [0.29, 0.717) is 0 Å². The second-order valence-corrected chi connectivity index (χ2v) is 6.53. The summed E-state index contributed by atoms with van der Waals surface area (Å²) in [7, 11) is 0. The summed E-state index contributed by atoms with van der Waals surface area (Å²) < 4.78 is 0. The summed E-state index contributed by atoms with van der Waals surface area (Å²) in [5, 5.41) is 27.0. The Labute approximate surface area is 184 Å². The number of nitrogens with one attached hydrogen (secondary N) is 4. The number of hydrogen-bond donors (Lipinski definition) is 2. The van der Waals surface area contributed by atoms with Gasteiger partial charge in [-0.25, -0.2) is 20.6 Å². The number of carboxylic acid groups (broad SMARTS) is 2. The molecule has 0 aliphatic carbocycles. The van der Waals surface area contributed by atoms with Gasteiger partial charge in [-0.3, -0.25) is 0 Å². The highest BCUT2D eigenvalue weighted by Gasteiger charge is 2.05. The van der Waals surface area contributed by atoms with Gasteiger partial charge in [-0.1, -0.05) is 36.4 Å². The van der Waals surface area contributed by atoms with Gasteiger partial charge in [0, 0.05) is 12.1 Å². The third kappa shape index (κ3) is 6.67. The molecule has 0 aliphatic rings. The number of hydrogen-bond acceptors (Lipinski definition) is 6. The Bertz CT molecular complexity index is 1060. The molecule has 0 radical (unpaired) electrons. The maximum absolute atomic E-state index is 10.2. The Balaban J connectivity index is 0.000000207. The lowest BCUT2D eigenvalue weighted by atomic mass is 10.1. The predicted octanol–water partition coefficient (Wildman–Crippen LogP) is 1.22. The number of H-pyrrole nitrogens is 2. The van der Waals surface area contributed by atoms with E-state index in [1.807, 2.05) is 73.1 Å². The highest BCUT2D eigenvalue weighted by molar-refractivity contribution is 5.89. The van der Waals surface area contributed by atoms with Crippen LogP contribution in [0.15, 0.2) is 97.3 Å². The van der Waals surface area contributed by atoms with Crippen LogP contribution in [0.5, 0.6) is 0 Å². The monoisotopic (exact) mass is 428 g/mol. The minimum atomic E-state index is -1.33. The number of aromatic carboxylic acids is 2. The molecule has 2 aromatic heterocycles. The molecule has 0 amide bonds. The van der Waals surface area contributed by atoms with Gasteiger partial charge in [0.05, 0.1) is 24.3 Å². The van der Waals surface area contributed by atoms with Crippen molar-refractivity contribution in [2.75, 3.05) is 10.6 Å². The van der Waals surface area contributed by atoms with Crippen LogP contribution >= 0.6 is 0 Å². The van der Waals surface area contributed by atoms with Crippen LogP contribution in [0.1, 0.15) is 20.7 Å². The maximum atomic E-state index is 10.2. The number of carbonyl (C=O) groups is 2. The Morgan fingerprint density at radius 1 is 0.562 bits per heavy atom. The van der Waals surface area contributed by atoms with Crippen molar-refractivity contribution in [3.8, 4) is 0 Å². The summed E-state index contributed by atoms with van der Waals surface area (Å²) in [6.07, 6.45) is 3.78. The zero-order valence-corrected chi connectivity index (χ0v) is 16.9. The fraction of sp³-hybridized carbons (Fsp3) is 0. The molecule has 4 N–H and O–H groups in total. The highest BCUT2D eigenvalue weighted by atomic mass is 16.4. The first-order valence-corrected chi connectivity index (χ1v) is 9.61. The molecule has 8 heteroatoms. The molecule has 0 aliphatic heterocycles. The van der Waals surface area contributed by atoms with E-state index in [2.05, 4.69) is 20.6 Å². The number of carboxylic acids is 2. The van der Waals surface area contributed by atoms with Crippen molar-refractivity contribution >= 4 is 34.9 Å². The van der Waals surface area contributed by atoms with Gasteiger partial charge in [0.2, 0.25) is 0 Å². The SMILES string of the molecule is O=C([O-])c1ccc(C(=O)[O-])cc1.c1ccc(Nc2ccc(Nc3cccc[nH+]3)cc2)[nH+]c1. The molecule has 0 bridgehead atoms. The third-order valence-corrected chi connectivity index (χ3v) is 4.22. The molecule has 8 nitrogen and oxygen atoms in total. The molecule has 0 unspecified atom stereocenters. The van der Waals surface area contributed by atoms with Crippen molar-refractivity contribution in [1.29, 1.82) is 0 Å². The van der Waals surface area contributed by atoms with Crippen LogP contribution in [0.2, 0.25) is 0 Å². The standard InChI is InChI=1S/C16H14N4.C8H6O4/c1-3-11-17-15(5-1)19-13-7-9-14(10-8-13)20-16-6-2-4-12-18-16;9-7(10)5-1-2-6(4-3-5)8(11)12/h1-12H,(H,17,19)(H,18,20);1-4H,(H,9,10)(H,11,12). The molecule has 32 heavy (non-hydrogen) atoms. The predicted molar refractivity (Wildman–Crippen MR) is 114 cm³/mol. The molecule has 0 saturated carbocycles. The average Bonchev–Trinajstić information content (AvgIpc) is 2.82. The third-order valence-electron chi connectivity index (χ3n) is 4.22. The Hall–Kier alpha value is -4.72. The van der Waals surface area contributed by atoms with Crippen molar-refractivity contribution < 1.29 is 29.8 Å². The van der Waals surface area contributed by atoms with Gasteiger partial charge in [0.15, 0.2) is 0 Å². The number of anilines is 4. The minimum absolute atomic E-state index is 0.0556. The first-order chi connectivity index (χ1) is 15.5. The van der Waals surface area contributed by atoms with E-state index in [9.17, 15) is 19.8 Å². The van der Waals surface area contributed by atoms with Crippen molar-refractivity contribution in [3.63, 3.8) is 0 Å². The second kappa shape index (κ2) is 10.9. The summed E-state index contributed by atoms with van der Waals surface area (Å²) in [5.41, 5.74) is 1.96. The van der Waals surface area contributed by atoms with E-state index < -0.39 is 11.9 Å². The fourth-order valence-electron chi connectivity index (χ4n) is 2.63. The summed E-state index contributed by atoms with van der Waals surface area (Å²) in [4.78, 5) is 26.7. The van der Waals surface area contributed by atoms with Gasteiger partial charge in [0.25, 0.3) is 11.6 Å². The van der Waals surface area contributed by atoms with Gasteiger partial charge < -0.3 is 19.8 Å². The molecule has 4 rings (SSSR count). The van der Waals surface area contributed by atoms with Crippen LogP contribution < -0.4 is 30.8 Å². The normalized spacial score (nSPS) is 9.75. The number of aromatic nitrogens is 2. The van der Waals surface area contributed by atoms with Crippen LogP contribution in [0.3, 0.4) is 0 Å². The lowest BCUT2D eigenvalue weighted by Crippen LogP contribution is -2.24. The van der Waals surface area contributed by atoms with E-state index in [1.54, 1.807) is 0 Å². The summed E-state index contributed by atoms with van der Waals surface area (Å²) in [6.45, 7) is 0. The van der Waals surface area contributed by atoms with Crippen LogP contribution in [-0.2, 0) is 0 Å². The van der Waals surface area contributed by atoms with Gasteiger partial charge in [-0.2, -0.15) is 0 Å². The number of carbonyl (C=O) groups excluding carboxylic acids is 2. The summed E-state index contributed by atoms with van der Waals surface area (Å²) >= 11 is 0. The maximum Gasteiger partial charge on any atom is 0.277 e. The van der Waals surface area contributed by atoms with Crippen LogP contribution in [0.25, 0.3) is 0 Å². The molecule has 4 aromatic rings. The van der Waals surface area contributed by atoms with E-state index in [1.165, 1.54) is 0 Å². The molecule has 2 aromatic carbocycles. The molecule has 0 atom stereocenters. The quantitative estimate of drug-likeness (QED) is 0.474. The Morgan fingerprint density at radius 2 is 0.938 bits per heavy atom. The second-order valence-electron chi connectivity index (χ2n) is 6.53. The smallest absolute Gasteiger partial charge is 0.277 e. The number of benzene rings is 2. The minimum Gasteiger partial charge on any atom is -0.545 e. The lowest BCUT2D eigenvalue weighted by molar-refractivity contribution is -0.361. The summed E-state index contributed by atoms with van der Waals surface area (Å²) in [6, 6.07) is 24.6. The zero-order valence-electron chi connectivity index (χ0n) is 16.9. The van der Waals surface area contributed by atoms with Gasteiger partial charge in [-0.05, 0) is 47.5 Å². The van der Waals surface area contributed by atoms with Crippen LogP contribution in [0.4, 0.5) is 23.0 Å². The van der Waals surface area contributed by atoms with Gasteiger partial charge >= 0.3 is 0 Å². The van der Waals surface area contributed by atoms with Gasteiger partial charge in [-0.15, -0.1) is 0 Å². The summed E-state index contributed by atoms with van der Waals surface area (Å²) in [5.74, 6) is -0.742. The lowest BCUT2D eigenvalue weighted by Gasteiger charge is -2.04. The molecule has 160 valence electrons. The van der Waals surface area contributed by atoms with Crippen molar-refractivity contribution in [2.24, 2.45) is 0 Å². The highest BCUT2D eigenvalue weighted by Crippen LogP contribution is 2.18. The van der Waals surface area contributed by atoms with Gasteiger partial charge in [0.1, 0.15) is 11.4 Å². The number of rotatable bonds is 6. The largest absolute Gasteiger partial charge is 0.545 e. The topological polar surface area (TPSA) is 133 Å². The Kier molecular flexibility index (Phi) is 7.48. The van der Waals surface area contributed by atoms with E-state index in [-0.39, 0.29) is 11.1 Å². The van der Waals surface area contributed by atoms with Crippen molar-refractivity contribution in [2.45, 2.75) is 0 Å². The molecule has 0 spiro atoms. The van der Waals surface area contributed by atoms with Crippen molar-refractivity contribution in [1.82, 2.24) is 0 Å². The number of pyridine rings is 2. The van der Waals surface area contributed by atoms with E-state index in [4.69, 9.17) is 0 Å². The van der Waals surface area contributed by atoms with Crippen LogP contribution in [0, 0.1) is 0 Å². The number of aromatic amines is 2. The average molecular weight is 428 g/mol. The van der Waals surface area contributed by atoms with E-state index >= 15 is 0 Å². The van der Waals surface area contributed by atoms with Crippen molar-refractivity contribution in [3.05, 3.63) is 108 Å².